The largest absolute Gasteiger partial charge is 0.473 e. The van der Waals surface area contributed by atoms with Crippen molar-refractivity contribution >= 4 is 27.5 Å². The molecule has 1 aromatic carbocycles. The fourth-order valence-corrected chi connectivity index (χ4v) is 2.03. The third-order valence-corrected chi connectivity index (χ3v) is 3.30. The molecule has 5 heteroatoms. The normalized spacial score (nSPS) is 11.4. The van der Waals surface area contributed by atoms with Crippen LogP contribution in [0.25, 0.3) is 0 Å². The van der Waals surface area contributed by atoms with E-state index in [9.17, 15) is 0 Å². The molecule has 2 aromatic rings. The van der Waals surface area contributed by atoms with E-state index in [4.69, 9.17) is 16.3 Å². The van der Waals surface area contributed by atoms with Crippen molar-refractivity contribution in [2.75, 3.05) is 0 Å². The SMILES string of the molecule is CC(C)(C)c1nc(Br)cc(OCc2ccc(Cl)cc2)n1. The van der Waals surface area contributed by atoms with Gasteiger partial charge < -0.3 is 4.74 Å². The van der Waals surface area contributed by atoms with E-state index in [0.29, 0.717) is 17.5 Å². The minimum atomic E-state index is -0.123. The molecule has 1 heterocycles. The van der Waals surface area contributed by atoms with Gasteiger partial charge in [-0.1, -0.05) is 44.5 Å². The molecule has 0 radical (unpaired) electrons. The summed E-state index contributed by atoms with van der Waals surface area (Å²) in [5.74, 6) is 1.31. The number of nitrogens with zero attached hydrogens (tertiary/aromatic N) is 2. The molecule has 0 N–H and O–H groups in total. The second kappa shape index (κ2) is 6.10. The zero-order valence-electron chi connectivity index (χ0n) is 11.7. The molecular weight excluding hydrogens is 340 g/mol. The lowest BCUT2D eigenvalue weighted by Gasteiger charge is -2.17. The number of ether oxygens (including phenoxy) is 1. The van der Waals surface area contributed by atoms with Crippen LogP contribution in [-0.2, 0) is 12.0 Å². The summed E-state index contributed by atoms with van der Waals surface area (Å²) in [6.45, 7) is 6.65. The molecule has 0 aliphatic heterocycles. The molecule has 0 unspecified atom stereocenters. The highest BCUT2D eigenvalue weighted by atomic mass is 79.9. The second-order valence-corrected chi connectivity index (χ2v) is 6.77. The van der Waals surface area contributed by atoms with Crippen molar-refractivity contribution in [2.45, 2.75) is 32.8 Å². The Balaban J connectivity index is 2.13. The van der Waals surface area contributed by atoms with Crippen molar-refractivity contribution in [3.05, 3.63) is 51.3 Å². The van der Waals surface area contributed by atoms with Crippen molar-refractivity contribution in [2.24, 2.45) is 0 Å². The molecule has 3 nitrogen and oxygen atoms in total. The lowest BCUT2D eigenvalue weighted by atomic mass is 9.96. The van der Waals surface area contributed by atoms with E-state index in [0.717, 1.165) is 16.0 Å². The van der Waals surface area contributed by atoms with E-state index >= 15 is 0 Å². The third kappa shape index (κ3) is 4.18. The van der Waals surface area contributed by atoms with Crippen LogP contribution in [0.1, 0.15) is 32.2 Å². The highest BCUT2D eigenvalue weighted by molar-refractivity contribution is 9.10. The van der Waals surface area contributed by atoms with Crippen LogP contribution in [0, 0.1) is 0 Å². The van der Waals surface area contributed by atoms with Crippen molar-refractivity contribution in [3.8, 4) is 5.88 Å². The minimum absolute atomic E-state index is 0.123. The smallest absolute Gasteiger partial charge is 0.218 e. The lowest BCUT2D eigenvalue weighted by molar-refractivity contribution is 0.289. The number of hydrogen-bond donors (Lipinski definition) is 0. The maximum Gasteiger partial charge on any atom is 0.218 e. The quantitative estimate of drug-likeness (QED) is 0.744. The fraction of sp³-hybridized carbons (Fsp3) is 0.333. The highest BCUT2D eigenvalue weighted by Gasteiger charge is 2.19. The Morgan fingerprint density at radius 1 is 1.15 bits per heavy atom. The molecule has 20 heavy (non-hydrogen) atoms. The van der Waals surface area contributed by atoms with E-state index in [2.05, 4.69) is 46.7 Å². The van der Waals surface area contributed by atoms with Gasteiger partial charge in [0.15, 0.2) is 0 Å². The number of hydrogen-bond acceptors (Lipinski definition) is 3. The first kappa shape index (κ1) is 15.3. The third-order valence-electron chi connectivity index (χ3n) is 2.64. The van der Waals surface area contributed by atoms with Gasteiger partial charge >= 0.3 is 0 Å². The second-order valence-electron chi connectivity index (χ2n) is 5.52. The van der Waals surface area contributed by atoms with E-state index in [1.807, 2.05) is 24.3 Å². The van der Waals surface area contributed by atoms with Crippen LogP contribution >= 0.6 is 27.5 Å². The topological polar surface area (TPSA) is 35.0 Å². The van der Waals surface area contributed by atoms with Crippen molar-refractivity contribution in [3.63, 3.8) is 0 Å². The molecule has 0 bridgehead atoms. The zero-order valence-corrected chi connectivity index (χ0v) is 14.0. The molecule has 0 saturated carbocycles. The predicted octanol–water partition coefficient (Wildman–Crippen LogP) is 4.77. The number of halogens is 2. The number of benzene rings is 1. The van der Waals surface area contributed by atoms with Crippen LogP contribution in [0.5, 0.6) is 5.88 Å². The summed E-state index contributed by atoms with van der Waals surface area (Å²) in [7, 11) is 0. The Kier molecular flexibility index (Phi) is 4.66. The summed E-state index contributed by atoms with van der Waals surface area (Å²) < 4.78 is 6.45. The Morgan fingerprint density at radius 3 is 2.40 bits per heavy atom. The lowest BCUT2D eigenvalue weighted by Crippen LogP contribution is -2.16. The average molecular weight is 356 g/mol. The first-order valence-corrected chi connectivity index (χ1v) is 7.44. The molecular formula is C15H16BrClN2O. The fourth-order valence-electron chi connectivity index (χ4n) is 1.54. The van der Waals surface area contributed by atoms with Gasteiger partial charge in [0.2, 0.25) is 5.88 Å². The monoisotopic (exact) mass is 354 g/mol. The average Bonchev–Trinajstić information content (AvgIpc) is 2.36. The van der Waals surface area contributed by atoms with Crippen LogP contribution in [0.3, 0.4) is 0 Å². The molecule has 0 amide bonds. The van der Waals surface area contributed by atoms with Crippen molar-refractivity contribution < 1.29 is 4.74 Å². The van der Waals surface area contributed by atoms with Crippen LogP contribution in [0.4, 0.5) is 0 Å². The van der Waals surface area contributed by atoms with Gasteiger partial charge in [-0.2, -0.15) is 4.98 Å². The van der Waals surface area contributed by atoms with Gasteiger partial charge in [0.1, 0.15) is 17.0 Å². The molecule has 106 valence electrons. The molecule has 0 saturated heterocycles. The standard InChI is InChI=1S/C15H16BrClN2O/c1-15(2,3)14-18-12(16)8-13(19-14)20-9-10-4-6-11(17)7-5-10/h4-8H,9H2,1-3H3. The Labute approximate surface area is 132 Å². The van der Waals surface area contributed by atoms with E-state index < -0.39 is 0 Å². The van der Waals surface area contributed by atoms with Gasteiger partial charge in [0, 0.05) is 16.5 Å². The molecule has 0 aliphatic carbocycles. The van der Waals surface area contributed by atoms with Gasteiger partial charge in [0.05, 0.1) is 0 Å². The van der Waals surface area contributed by atoms with Gasteiger partial charge in [-0.3, -0.25) is 0 Å². The first-order valence-electron chi connectivity index (χ1n) is 6.27. The molecule has 2 rings (SSSR count). The van der Waals surface area contributed by atoms with Crippen LogP contribution < -0.4 is 4.74 Å². The van der Waals surface area contributed by atoms with Crippen LogP contribution in [-0.4, -0.2) is 9.97 Å². The van der Waals surface area contributed by atoms with Crippen molar-refractivity contribution in [1.82, 2.24) is 9.97 Å². The molecule has 0 aliphatic rings. The van der Waals surface area contributed by atoms with Gasteiger partial charge in [0.25, 0.3) is 0 Å². The minimum Gasteiger partial charge on any atom is -0.473 e. The number of rotatable bonds is 3. The zero-order chi connectivity index (χ0) is 14.8. The van der Waals surface area contributed by atoms with Gasteiger partial charge in [-0.15, -0.1) is 0 Å². The summed E-state index contributed by atoms with van der Waals surface area (Å²) in [6.07, 6.45) is 0. The summed E-state index contributed by atoms with van der Waals surface area (Å²) in [5.41, 5.74) is 0.920. The van der Waals surface area contributed by atoms with Crippen LogP contribution in [0.2, 0.25) is 5.02 Å². The van der Waals surface area contributed by atoms with Crippen molar-refractivity contribution in [1.29, 1.82) is 0 Å². The predicted molar refractivity (Wildman–Crippen MR) is 84.2 cm³/mol. The maximum absolute atomic E-state index is 5.85. The Morgan fingerprint density at radius 2 is 1.80 bits per heavy atom. The molecule has 0 spiro atoms. The van der Waals surface area contributed by atoms with E-state index in [1.54, 1.807) is 6.07 Å². The molecule has 1 aromatic heterocycles. The van der Waals surface area contributed by atoms with Crippen LogP contribution in [0.15, 0.2) is 34.9 Å². The van der Waals surface area contributed by atoms with E-state index in [-0.39, 0.29) is 5.41 Å². The number of aromatic nitrogens is 2. The Bertz CT molecular complexity index is 594. The van der Waals surface area contributed by atoms with Gasteiger partial charge in [-0.25, -0.2) is 4.98 Å². The molecule has 0 fully saturated rings. The highest BCUT2D eigenvalue weighted by Crippen LogP contribution is 2.24. The summed E-state index contributed by atoms with van der Waals surface area (Å²) >= 11 is 9.25. The summed E-state index contributed by atoms with van der Waals surface area (Å²) in [5, 5.41) is 0.716. The summed E-state index contributed by atoms with van der Waals surface area (Å²) in [6, 6.07) is 9.32. The molecule has 0 atom stereocenters. The van der Waals surface area contributed by atoms with Gasteiger partial charge in [-0.05, 0) is 33.6 Å². The van der Waals surface area contributed by atoms with E-state index in [1.165, 1.54) is 0 Å². The Hall–Kier alpha value is -1.13. The summed E-state index contributed by atoms with van der Waals surface area (Å²) in [4.78, 5) is 8.83. The first-order chi connectivity index (χ1) is 9.34. The maximum atomic E-state index is 5.85.